The van der Waals surface area contributed by atoms with Crippen LogP contribution in [0, 0.1) is 11.6 Å². The van der Waals surface area contributed by atoms with Gasteiger partial charge in [0.25, 0.3) is 0 Å². The number of hydrogen-bond acceptors (Lipinski definition) is 3. The molecule has 0 atom stereocenters. The molecule has 7 aromatic rings. The van der Waals surface area contributed by atoms with Gasteiger partial charge in [-0.25, -0.2) is 23.7 Å². The Morgan fingerprint density at radius 1 is 0.667 bits per heavy atom. The molecule has 7 rings (SSSR count). The summed E-state index contributed by atoms with van der Waals surface area (Å²) < 4.78 is 32.4. The summed E-state index contributed by atoms with van der Waals surface area (Å²) in [6, 6.07) is 35.8. The smallest absolute Gasteiger partial charge is 0.158 e. The van der Waals surface area contributed by atoms with E-state index in [9.17, 15) is 8.78 Å². The fraction of sp³-hybridized carbons (Fsp3) is 0.0294. The van der Waals surface area contributed by atoms with Crippen molar-refractivity contribution in [2.75, 3.05) is 0 Å². The van der Waals surface area contributed by atoms with Crippen molar-refractivity contribution in [3.63, 3.8) is 0 Å². The molecule has 0 N–H and O–H groups in total. The van der Waals surface area contributed by atoms with Gasteiger partial charge in [-0.1, -0.05) is 91.0 Å². The van der Waals surface area contributed by atoms with E-state index in [0.717, 1.165) is 34.0 Å². The molecule has 0 saturated heterocycles. The Hall–Kier alpha value is -4.95. The number of benzene rings is 3. The van der Waals surface area contributed by atoms with Gasteiger partial charge in [-0.15, -0.1) is 0 Å². The predicted molar refractivity (Wildman–Crippen MR) is 162 cm³/mol. The van der Waals surface area contributed by atoms with Gasteiger partial charge in [0.15, 0.2) is 11.6 Å². The summed E-state index contributed by atoms with van der Waals surface area (Å²) in [6.45, 7) is 0. The third kappa shape index (κ3) is 4.14. The molecule has 0 aliphatic carbocycles. The molecule has 0 fully saturated rings. The van der Waals surface area contributed by atoms with Crippen LogP contribution in [-0.4, -0.2) is 23.9 Å². The molecule has 42 heavy (non-hydrogen) atoms. The lowest BCUT2D eigenvalue weighted by molar-refractivity contribution is 0.519. The molecule has 0 radical (unpaired) electrons. The first-order valence-electron chi connectivity index (χ1n) is 13.3. The molecular formula is C34H22BrF2N5. The van der Waals surface area contributed by atoms with Crippen molar-refractivity contribution in [2.24, 2.45) is 0 Å². The normalized spacial score (nSPS) is 11.7. The molecule has 3 aromatic carbocycles. The minimum atomic E-state index is -0.766. The van der Waals surface area contributed by atoms with E-state index < -0.39 is 17.2 Å². The maximum atomic E-state index is 14.7. The molecule has 0 aliphatic rings. The van der Waals surface area contributed by atoms with Gasteiger partial charge in [0.1, 0.15) is 21.5 Å². The average molecular weight is 618 g/mol. The van der Waals surface area contributed by atoms with Crippen LogP contribution in [0.3, 0.4) is 0 Å². The summed E-state index contributed by atoms with van der Waals surface area (Å²) >= 11 is 3.06. The molecule has 0 unspecified atom stereocenters. The lowest BCUT2D eigenvalue weighted by atomic mass is 9.76. The van der Waals surface area contributed by atoms with E-state index in [1.54, 1.807) is 4.40 Å². The van der Waals surface area contributed by atoms with Gasteiger partial charge in [-0.3, -0.25) is 4.40 Å². The average Bonchev–Trinajstić information content (AvgIpc) is 3.69. The van der Waals surface area contributed by atoms with Crippen LogP contribution in [0.2, 0.25) is 0 Å². The predicted octanol–water partition coefficient (Wildman–Crippen LogP) is 8.14. The molecule has 4 heterocycles. The van der Waals surface area contributed by atoms with Gasteiger partial charge in [-0.05, 0) is 44.8 Å². The summed E-state index contributed by atoms with van der Waals surface area (Å²) in [7, 11) is 0. The summed E-state index contributed by atoms with van der Waals surface area (Å²) in [5.74, 6) is -1.53. The maximum Gasteiger partial charge on any atom is 0.158 e. The Morgan fingerprint density at radius 2 is 1.26 bits per heavy atom. The fourth-order valence-corrected chi connectivity index (χ4v) is 5.96. The molecule has 0 bridgehead atoms. The van der Waals surface area contributed by atoms with Crippen LogP contribution < -0.4 is 0 Å². The van der Waals surface area contributed by atoms with E-state index in [0.29, 0.717) is 11.3 Å². The Bertz CT molecular complexity index is 1930. The summed E-state index contributed by atoms with van der Waals surface area (Å²) in [6.07, 6.45) is 7.06. The number of halogens is 3. The summed E-state index contributed by atoms with van der Waals surface area (Å²) in [5.41, 5.74) is 5.24. The Kier molecular flexibility index (Phi) is 6.47. The maximum absolute atomic E-state index is 14.7. The van der Waals surface area contributed by atoms with Gasteiger partial charge in [0.05, 0.1) is 30.1 Å². The first-order valence-corrected chi connectivity index (χ1v) is 14.1. The molecule has 0 saturated carbocycles. The molecule has 204 valence electrons. The monoisotopic (exact) mass is 617 g/mol. The van der Waals surface area contributed by atoms with E-state index >= 15 is 0 Å². The van der Waals surface area contributed by atoms with Crippen LogP contribution in [-0.2, 0) is 5.54 Å². The molecule has 4 aromatic heterocycles. The number of rotatable bonds is 6. The van der Waals surface area contributed by atoms with Crippen molar-refractivity contribution in [1.29, 1.82) is 0 Å². The van der Waals surface area contributed by atoms with Crippen LogP contribution in [0.1, 0.15) is 16.7 Å². The lowest BCUT2D eigenvalue weighted by Gasteiger charge is -2.38. The van der Waals surface area contributed by atoms with Crippen LogP contribution in [0.4, 0.5) is 8.78 Å². The number of hydrogen-bond donors (Lipinski definition) is 0. The van der Waals surface area contributed by atoms with Crippen LogP contribution in [0.25, 0.3) is 28.3 Å². The molecule has 0 aliphatic heterocycles. The van der Waals surface area contributed by atoms with Crippen LogP contribution >= 0.6 is 15.9 Å². The van der Waals surface area contributed by atoms with Crippen molar-refractivity contribution in [2.45, 2.75) is 5.54 Å². The van der Waals surface area contributed by atoms with E-state index in [4.69, 9.17) is 0 Å². The Labute approximate surface area is 248 Å². The number of imidazole rings is 2. The number of aromatic nitrogens is 5. The molecule has 0 amide bonds. The highest BCUT2D eigenvalue weighted by Gasteiger charge is 2.39. The van der Waals surface area contributed by atoms with E-state index in [-0.39, 0.29) is 10.3 Å². The minimum Gasteiger partial charge on any atom is -0.312 e. The van der Waals surface area contributed by atoms with Gasteiger partial charge < -0.3 is 4.57 Å². The van der Waals surface area contributed by atoms with Crippen molar-refractivity contribution >= 4 is 21.6 Å². The van der Waals surface area contributed by atoms with Crippen molar-refractivity contribution in [3.8, 4) is 22.6 Å². The highest BCUT2D eigenvalue weighted by Crippen LogP contribution is 2.43. The first kappa shape index (κ1) is 26.0. The molecule has 8 heteroatoms. The minimum absolute atomic E-state index is 0.00446. The van der Waals surface area contributed by atoms with E-state index in [2.05, 4.69) is 71.8 Å². The topological polar surface area (TPSA) is 48.0 Å². The van der Waals surface area contributed by atoms with Crippen molar-refractivity contribution in [3.05, 3.63) is 167 Å². The second-order valence-corrected chi connectivity index (χ2v) is 10.6. The fourth-order valence-electron chi connectivity index (χ4n) is 5.67. The second-order valence-electron chi connectivity index (χ2n) is 9.84. The Morgan fingerprint density at radius 3 is 1.86 bits per heavy atom. The third-order valence-corrected chi connectivity index (χ3v) is 8.07. The number of pyridine rings is 2. The summed E-state index contributed by atoms with van der Waals surface area (Å²) in [4.78, 5) is 13.3. The highest BCUT2D eigenvalue weighted by atomic mass is 79.9. The van der Waals surface area contributed by atoms with Crippen molar-refractivity contribution in [1.82, 2.24) is 23.9 Å². The van der Waals surface area contributed by atoms with E-state index in [1.807, 2.05) is 85.5 Å². The zero-order valence-electron chi connectivity index (χ0n) is 22.1. The van der Waals surface area contributed by atoms with Gasteiger partial charge in [0.2, 0.25) is 0 Å². The van der Waals surface area contributed by atoms with Gasteiger partial charge in [-0.2, -0.15) is 0 Å². The lowest BCUT2D eigenvalue weighted by Crippen LogP contribution is -2.37. The largest absolute Gasteiger partial charge is 0.312 e. The van der Waals surface area contributed by atoms with Crippen molar-refractivity contribution < 1.29 is 8.78 Å². The molecular weight excluding hydrogens is 596 g/mol. The Balaban J connectivity index is 1.45. The molecule has 5 nitrogen and oxygen atoms in total. The SMILES string of the molecule is Fc1cc(F)c(-c2cnc3cc(-c4cncn4C(c4ccccc4)(c4ccccc4)c4ccccc4)ccn23)nc1Br. The van der Waals surface area contributed by atoms with Crippen LogP contribution in [0.5, 0.6) is 0 Å². The van der Waals surface area contributed by atoms with Gasteiger partial charge >= 0.3 is 0 Å². The van der Waals surface area contributed by atoms with Crippen LogP contribution in [0.15, 0.2) is 139 Å². The van der Waals surface area contributed by atoms with E-state index in [1.165, 1.54) is 6.20 Å². The first-order chi connectivity index (χ1) is 20.6. The highest BCUT2D eigenvalue weighted by molar-refractivity contribution is 9.10. The number of nitrogens with zero attached hydrogens (tertiary/aromatic N) is 5. The zero-order chi connectivity index (χ0) is 28.7. The molecule has 0 spiro atoms. The zero-order valence-corrected chi connectivity index (χ0v) is 23.7. The second kappa shape index (κ2) is 10.5. The quantitative estimate of drug-likeness (QED) is 0.140. The summed E-state index contributed by atoms with van der Waals surface area (Å²) in [5, 5.41) is 0. The number of fused-ring (bicyclic) bond motifs is 1. The third-order valence-electron chi connectivity index (χ3n) is 7.51. The van der Waals surface area contributed by atoms with Gasteiger partial charge in [0, 0.05) is 17.8 Å². The standard InChI is InChI=1S/C34H22BrF2N5/c35-33-28(37)19-27(36)32(40-33)30-21-39-31-18-23(16-17-41(30)31)29-20-38-22-42(29)34(24-10-4-1-5-11-24,25-12-6-2-7-13-25)26-14-8-3-9-15-26/h1-22H.